The molecule has 2 aromatic carbocycles. The molecule has 33 heavy (non-hydrogen) atoms. The molecule has 2 aromatic heterocycles. The number of nitrogens with zero attached hydrogens (tertiary/aromatic N) is 4. The third kappa shape index (κ3) is 3.84. The predicted octanol–water partition coefficient (Wildman–Crippen LogP) is 4.35. The van der Waals surface area contributed by atoms with E-state index in [0.717, 1.165) is 25.5 Å². The molecule has 0 saturated carbocycles. The minimum absolute atomic E-state index is 0.0146. The lowest BCUT2D eigenvalue weighted by atomic mass is 10.1. The maximum Gasteiger partial charge on any atom is 0.201 e. The first-order chi connectivity index (χ1) is 15.9. The second-order valence-corrected chi connectivity index (χ2v) is 7.69. The summed E-state index contributed by atoms with van der Waals surface area (Å²) in [5.41, 5.74) is 6.92. The molecule has 11 heteroatoms. The Labute approximate surface area is 185 Å². The van der Waals surface area contributed by atoms with Gasteiger partial charge in [0, 0.05) is 30.3 Å². The number of ether oxygens (including phenoxy) is 1. The van der Waals surface area contributed by atoms with Gasteiger partial charge in [-0.15, -0.1) is 0 Å². The molecule has 3 N–H and O–H groups in total. The molecule has 1 aliphatic heterocycles. The Morgan fingerprint density at radius 1 is 1.06 bits per heavy atom. The molecule has 1 aliphatic rings. The fourth-order valence-corrected chi connectivity index (χ4v) is 3.97. The standard InChI is InChI=1S/C22H18F4N6O/c23-11-6-16(25)19(26)17(7-11)33-13-3-4-14(15(24)8-13)20-18-21(27)29-10-30-22(18)32(31-20)12-2-1-5-28-9-12/h3-4,6-8,10,12,28H,1-2,5,9H2,(H2,27,29,30). The molecule has 1 unspecified atom stereocenters. The van der Waals surface area contributed by atoms with Crippen LogP contribution in [0.3, 0.4) is 0 Å². The highest BCUT2D eigenvalue weighted by Crippen LogP contribution is 2.36. The molecular formula is C22H18F4N6O. The van der Waals surface area contributed by atoms with Gasteiger partial charge in [-0.2, -0.15) is 9.49 Å². The van der Waals surface area contributed by atoms with Crippen LogP contribution in [0.1, 0.15) is 18.9 Å². The monoisotopic (exact) mass is 458 g/mol. The SMILES string of the molecule is Nc1ncnc2c1c(-c1ccc(Oc3cc(F)cc(F)c3F)cc1F)nn2C1CCCNC1. The van der Waals surface area contributed by atoms with E-state index in [1.165, 1.54) is 18.5 Å². The summed E-state index contributed by atoms with van der Waals surface area (Å²) in [7, 11) is 0. The normalized spacial score (nSPS) is 16.3. The Morgan fingerprint density at radius 3 is 2.67 bits per heavy atom. The van der Waals surface area contributed by atoms with E-state index < -0.39 is 29.0 Å². The molecule has 0 spiro atoms. The van der Waals surface area contributed by atoms with Gasteiger partial charge >= 0.3 is 0 Å². The van der Waals surface area contributed by atoms with E-state index in [0.29, 0.717) is 29.7 Å². The molecule has 1 saturated heterocycles. The lowest BCUT2D eigenvalue weighted by Gasteiger charge is -2.23. The van der Waals surface area contributed by atoms with Crippen LogP contribution in [0.15, 0.2) is 36.7 Å². The van der Waals surface area contributed by atoms with Crippen molar-refractivity contribution in [2.45, 2.75) is 18.9 Å². The smallest absolute Gasteiger partial charge is 0.201 e. The summed E-state index contributed by atoms with van der Waals surface area (Å²) in [6.07, 6.45) is 3.16. The number of fused-ring (bicyclic) bond motifs is 1. The highest BCUT2D eigenvalue weighted by Gasteiger charge is 2.25. The van der Waals surface area contributed by atoms with Gasteiger partial charge in [-0.3, -0.25) is 0 Å². The lowest BCUT2D eigenvalue weighted by molar-refractivity contribution is 0.354. The number of nitrogen functional groups attached to an aromatic ring is 1. The number of piperidine rings is 1. The van der Waals surface area contributed by atoms with Crippen LogP contribution in [-0.4, -0.2) is 32.8 Å². The van der Waals surface area contributed by atoms with Crippen molar-refractivity contribution in [2.24, 2.45) is 0 Å². The van der Waals surface area contributed by atoms with Gasteiger partial charge in [0.15, 0.2) is 17.2 Å². The van der Waals surface area contributed by atoms with Crippen LogP contribution in [-0.2, 0) is 0 Å². The van der Waals surface area contributed by atoms with Crippen molar-refractivity contribution in [3.8, 4) is 22.8 Å². The maximum atomic E-state index is 15.1. The Kier molecular flexibility index (Phi) is 5.33. The van der Waals surface area contributed by atoms with Crippen molar-refractivity contribution in [1.82, 2.24) is 25.1 Å². The number of hydrogen-bond donors (Lipinski definition) is 2. The van der Waals surface area contributed by atoms with Gasteiger partial charge in [-0.05, 0) is 31.5 Å². The number of rotatable bonds is 4. The fourth-order valence-electron chi connectivity index (χ4n) is 3.97. The minimum Gasteiger partial charge on any atom is -0.454 e. The summed E-state index contributed by atoms with van der Waals surface area (Å²) in [5.74, 6) is -5.25. The van der Waals surface area contributed by atoms with Gasteiger partial charge in [0.1, 0.15) is 35.2 Å². The van der Waals surface area contributed by atoms with Crippen LogP contribution < -0.4 is 15.8 Å². The van der Waals surface area contributed by atoms with Gasteiger partial charge in [0.25, 0.3) is 0 Å². The van der Waals surface area contributed by atoms with E-state index in [2.05, 4.69) is 20.4 Å². The second-order valence-electron chi connectivity index (χ2n) is 7.69. The zero-order valence-corrected chi connectivity index (χ0v) is 17.2. The molecule has 7 nitrogen and oxygen atoms in total. The Hall–Kier alpha value is -3.73. The summed E-state index contributed by atoms with van der Waals surface area (Å²) in [5, 5.41) is 8.33. The first kappa shape index (κ1) is 21.1. The summed E-state index contributed by atoms with van der Waals surface area (Å²) >= 11 is 0. The first-order valence-electron chi connectivity index (χ1n) is 10.2. The number of anilines is 1. The molecular weight excluding hydrogens is 440 g/mol. The van der Waals surface area contributed by atoms with Crippen LogP contribution in [0.5, 0.6) is 11.5 Å². The highest BCUT2D eigenvalue weighted by molar-refractivity contribution is 5.98. The molecule has 170 valence electrons. The minimum atomic E-state index is -1.41. The third-order valence-electron chi connectivity index (χ3n) is 5.52. The van der Waals surface area contributed by atoms with Crippen LogP contribution in [0.2, 0.25) is 0 Å². The summed E-state index contributed by atoms with van der Waals surface area (Å²) in [6, 6.07) is 4.77. The van der Waals surface area contributed by atoms with Gasteiger partial charge in [0.2, 0.25) is 5.82 Å². The maximum absolute atomic E-state index is 15.1. The number of hydrogen-bond acceptors (Lipinski definition) is 6. The zero-order chi connectivity index (χ0) is 23.1. The van der Waals surface area contributed by atoms with Crippen LogP contribution >= 0.6 is 0 Å². The Morgan fingerprint density at radius 2 is 1.91 bits per heavy atom. The van der Waals surface area contributed by atoms with E-state index in [-0.39, 0.29) is 28.9 Å². The molecule has 4 aromatic rings. The molecule has 1 fully saturated rings. The van der Waals surface area contributed by atoms with Gasteiger partial charge in [-0.1, -0.05) is 0 Å². The molecule has 0 aliphatic carbocycles. The third-order valence-corrected chi connectivity index (χ3v) is 5.52. The fraction of sp³-hybridized carbons (Fsp3) is 0.227. The predicted molar refractivity (Wildman–Crippen MR) is 113 cm³/mol. The largest absolute Gasteiger partial charge is 0.454 e. The number of nitrogens with one attached hydrogen (secondary N) is 1. The average Bonchev–Trinajstić information content (AvgIpc) is 3.18. The van der Waals surface area contributed by atoms with Crippen molar-refractivity contribution >= 4 is 16.9 Å². The zero-order valence-electron chi connectivity index (χ0n) is 17.2. The lowest BCUT2D eigenvalue weighted by Crippen LogP contribution is -2.32. The van der Waals surface area contributed by atoms with Crippen molar-refractivity contribution in [3.05, 3.63) is 59.9 Å². The number of aromatic nitrogens is 4. The molecule has 1 atom stereocenters. The van der Waals surface area contributed by atoms with E-state index in [1.807, 2.05) is 0 Å². The van der Waals surface area contributed by atoms with Crippen molar-refractivity contribution < 1.29 is 22.3 Å². The van der Waals surface area contributed by atoms with E-state index in [9.17, 15) is 13.2 Å². The van der Waals surface area contributed by atoms with E-state index in [4.69, 9.17) is 10.5 Å². The molecule has 0 radical (unpaired) electrons. The Balaban J connectivity index is 1.56. The quantitative estimate of drug-likeness (QED) is 0.349. The number of benzene rings is 2. The van der Waals surface area contributed by atoms with Crippen molar-refractivity contribution in [2.75, 3.05) is 18.8 Å². The van der Waals surface area contributed by atoms with Crippen LogP contribution in [0, 0.1) is 23.3 Å². The number of nitrogens with two attached hydrogens (primary N) is 1. The molecule has 5 rings (SSSR count). The average molecular weight is 458 g/mol. The van der Waals surface area contributed by atoms with Crippen molar-refractivity contribution in [3.63, 3.8) is 0 Å². The van der Waals surface area contributed by atoms with Gasteiger partial charge in [-0.25, -0.2) is 27.8 Å². The molecule has 0 amide bonds. The first-order valence-corrected chi connectivity index (χ1v) is 10.2. The summed E-state index contributed by atoms with van der Waals surface area (Å²) in [6.45, 7) is 1.59. The number of halogens is 4. The topological polar surface area (TPSA) is 90.9 Å². The molecule has 3 heterocycles. The van der Waals surface area contributed by atoms with E-state index >= 15 is 4.39 Å². The van der Waals surface area contributed by atoms with Crippen molar-refractivity contribution in [1.29, 1.82) is 0 Å². The molecule has 0 bridgehead atoms. The van der Waals surface area contributed by atoms with Crippen LogP contribution in [0.4, 0.5) is 23.4 Å². The summed E-state index contributed by atoms with van der Waals surface area (Å²) < 4.78 is 62.8. The van der Waals surface area contributed by atoms with Gasteiger partial charge < -0.3 is 15.8 Å². The Bertz CT molecular complexity index is 1350. The summed E-state index contributed by atoms with van der Waals surface area (Å²) in [4.78, 5) is 8.33. The van der Waals surface area contributed by atoms with Gasteiger partial charge in [0.05, 0.1) is 11.4 Å². The van der Waals surface area contributed by atoms with Crippen LogP contribution in [0.25, 0.3) is 22.3 Å². The second kappa shape index (κ2) is 8.32. The van der Waals surface area contributed by atoms with E-state index in [1.54, 1.807) is 4.68 Å². The highest BCUT2D eigenvalue weighted by atomic mass is 19.2.